The van der Waals surface area contributed by atoms with Crippen LogP contribution in [0.2, 0.25) is 0 Å². The van der Waals surface area contributed by atoms with Gasteiger partial charge in [-0.05, 0) is 60.2 Å². The average molecular weight is 454 g/mol. The Balaban J connectivity index is 1.37. The maximum absolute atomic E-state index is 12.6. The number of ether oxygens (including phenoxy) is 1. The summed E-state index contributed by atoms with van der Waals surface area (Å²) in [4.78, 5) is 35.1. The summed E-state index contributed by atoms with van der Waals surface area (Å²) in [6.45, 7) is 0. The van der Waals surface area contributed by atoms with Crippen molar-refractivity contribution in [2.45, 2.75) is 0 Å². The molecular weight excluding hydrogens is 436 g/mol. The van der Waals surface area contributed by atoms with Crippen LogP contribution in [-0.2, 0) is 0 Å². The molecule has 1 aromatic heterocycles. The molecule has 0 bridgehead atoms. The second kappa shape index (κ2) is 10.0. The number of benzene rings is 3. The zero-order valence-corrected chi connectivity index (χ0v) is 17.7. The molecule has 1 N–H and O–H groups in total. The molecule has 0 saturated heterocycles. The molecule has 0 unspecified atom stereocenters. The summed E-state index contributed by atoms with van der Waals surface area (Å²) >= 11 is 0. The van der Waals surface area contributed by atoms with Crippen molar-refractivity contribution >= 4 is 23.8 Å². The Morgan fingerprint density at radius 1 is 0.941 bits per heavy atom. The summed E-state index contributed by atoms with van der Waals surface area (Å²) in [5.41, 5.74) is 4.25. The number of nitrogens with one attached hydrogen (secondary N) is 1. The molecule has 168 valence electrons. The number of amides is 1. The summed E-state index contributed by atoms with van der Waals surface area (Å²) in [7, 11) is 0. The molecule has 0 spiro atoms. The highest BCUT2D eigenvalue weighted by atomic mass is 16.6. The van der Waals surface area contributed by atoms with Crippen molar-refractivity contribution in [1.29, 1.82) is 0 Å². The highest BCUT2D eigenvalue weighted by Gasteiger charge is 2.14. The van der Waals surface area contributed by atoms with E-state index in [9.17, 15) is 19.7 Å². The third-order valence-corrected chi connectivity index (χ3v) is 4.79. The fraction of sp³-hybridized carbons (Fsp3) is 0. The summed E-state index contributed by atoms with van der Waals surface area (Å²) in [5.74, 6) is -0.805. The van der Waals surface area contributed by atoms with Crippen LogP contribution in [0.1, 0.15) is 26.3 Å². The lowest BCUT2D eigenvalue weighted by atomic mass is 10.1. The number of nitrogens with zero attached hydrogens (tertiary/aromatic N) is 3. The van der Waals surface area contributed by atoms with E-state index < -0.39 is 10.9 Å². The maximum atomic E-state index is 12.6. The Kier molecular flexibility index (Phi) is 6.55. The van der Waals surface area contributed by atoms with Gasteiger partial charge in [0.15, 0.2) is 0 Å². The van der Waals surface area contributed by atoms with E-state index in [1.807, 2.05) is 41.2 Å². The molecule has 0 saturated carbocycles. The molecule has 9 nitrogen and oxygen atoms in total. The van der Waals surface area contributed by atoms with Crippen LogP contribution >= 0.6 is 0 Å². The van der Waals surface area contributed by atoms with Gasteiger partial charge < -0.3 is 9.30 Å². The minimum absolute atomic E-state index is 0.0720. The Morgan fingerprint density at radius 2 is 1.68 bits per heavy atom. The molecule has 34 heavy (non-hydrogen) atoms. The maximum Gasteiger partial charge on any atom is 0.343 e. The lowest BCUT2D eigenvalue weighted by molar-refractivity contribution is -0.384. The first-order valence-electron chi connectivity index (χ1n) is 10.1. The number of hydrogen-bond donors (Lipinski definition) is 1. The summed E-state index contributed by atoms with van der Waals surface area (Å²) in [5, 5.41) is 14.9. The van der Waals surface area contributed by atoms with E-state index in [0.717, 1.165) is 11.8 Å². The fourth-order valence-corrected chi connectivity index (χ4v) is 3.15. The standard InChI is InChI=1S/C25H18N4O5/c30-24(22-8-1-2-9-23(22)28-14-3-4-15-28)27-26-17-18-10-12-21(13-11-18)34-25(31)19-6-5-7-20(16-19)29(32)33/h1-17H,(H,27,30)/b26-17-. The van der Waals surface area contributed by atoms with Gasteiger partial charge in [0, 0.05) is 24.5 Å². The van der Waals surface area contributed by atoms with Gasteiger partial charge in [-0.2, -0.15) is 5.10 Å². The van der Waals surface area contributed by atoms with Gasteiger partial charge in [-0.1, -0.05) is 18.2 Å². The first-order chi connectivity index (χ1) is 16.5. The molecule has 1 heterocycles. The lowest BCUT2D eigenvalue weighted by Gasteiger charge is -2.09. The molecular formula is C25H18N4O5. The number of non-ortho nitro benzene ring substituents is 1. The van der Waals surface area contributed by atoms with Crippen LogP contribution < -0.4 is 10.2 Å². The minimum Gasteiger partial charge on any atom is -0.423 e. The number of rotatable bonds is 7. The number of nitro groups is 1. The fourth-order valence-electron chi connectivity index (χ4n) is 3.15. The predicted octanol–water partition coefficient (Wildman–Crippen LogP) is 4.37. The van der Waals surface area contributed by atoms with Crippen molar-refractivity contribution in [2.24, 2.45) is 5.10 Å². The molecule has 0 fully saturated rings. The first-order valence-corrected chi connectivity index (χ1v) is 10.1. The largest absolute Gasteiger partial charge is 0.423 e. The third-order valence-electron chi connectivity index (χ3n) is 4.79. The van der Waals surface area contributed by atoms with Gasteiger partial charge in [0.2, 0.25) is 0 Å². The van der Waals surface area contributed by atoms with Crippen LogP contribution in [0, 0.1) is 10.1 Å². The number of esters is 1. The molecule has 4 rings (SSSR count). The van der Waals surface area contributed by atoms with Crippen molar-refractivity contribution in [3.05, 3.63) is 124 Å². The Labute approximate surface area is 194 Å². The van der Waals surface area contributed by atoms with Crippen LogP contribution in [0.5, 0.6) is 5.75 Å². The SMILES string of the molecule is O=C(Oc1ccc(/C=N\NC(=O)c2ccccc2-n2cccc2)cc1)c1cccc([N+](=O)[O-])c1. The van der Waals surface area contributed by atoms with Gasteiger partial charge in [0.25, 0.3) is 11.6 Å². The van der Waals surface area contributed by atoms with Crippen LogP contribution in [0.4, 0.5) is 5.69 Å². The number of carbonyl (C=O) groups is 2. The van der Waals surface area contributed by atoms with Crippen molar-refractivity contribution in [3.63, 3.8) is 0 Å². The predicted molar refractivity (Wildman–Crippen MR) is 125 cm³/mol. The number of hydrazone groups is 1. The summed E-state index contributed by atoms with van der Waals surface area (Å²) in [6, 6.07) is 22.6. The zero-order valence-electron chi connectivity index (χ0n) is 17.7. The monoisotopic (exact) mass is 454 g/mol. The second-order valence-electron chi connectivity index (χ2n) is 7.07. The normalized spacial score (nSPS) is 10.7. The number of hydrogen-bond acceptors (Lipinski definition) is 6. The smallest absolute Gasteiger partial charge is 0.343 e. The molecule has 0 aliphatic carbocycles. The number of para-hydroxylation sites is 1. The first kappa shape index (κ1) is 22.2. The van der Waals surface area contributed by atoms with E-state index in [1.165, 1.54) is 24.4 Å². The van der Waals surface area contributed by atoms with E-state index in [4.69, 9.17) is 4.74 Å². The highest BCUT2D eigenvalue weighted by molar-refractivity contribution is 5.98. The van der Waals surface area contributed by atoms with Gasteiger partial charge in [0.05, 0.1) is 28.0 Å². The summed E-state index contributed by atoms with van der Waals surface area (Å²) < 4.78 is 7.10. The number of carbonyl (C=O) groups excluding carboxylic acids is 2. The Bertz CT molecular complexity index is 1360. The highest BCUT2D eigenvalue weighted by Crippen LogP contribution is 2.17. The summed E-state index contributed by atoms with van der Waals surface area (Å²) in [6.07, 6.45) is 5.16. The molecule has 0 aliphatic heterocycles. The van der Waals surface area contributed by atoms with E-state index in [0.29, 0.717) is 11.1 Å². The molecule has 3 aromatic carbocycles. The van der Waals surface area contributed by atoms with Crippen molar-refractivity contribution in [3.8, 4) is 11.4 Å². The molecule has 9 heteroatoms. The van der Waals surface area contributed by atoms with Crippen LogP contribution in [0.3, 0.4) is 0 Å². The van der Waals surface area contributed by atoms with Crippen molar-refractivity contribution < 1.29 is 19.2 Å². The average Bonchev–Trinajstić information content (AvgIpc) is 3.40. The minimum atomic E-state index is -0.710. The lowest BCUT2D eigenvalue weighted by Crippen LogP contribution is -2.19. The molecule has 0 atom stereocenters. The number of aromatic nitrogens is 1. The van der Waals surface area contributed by atoms with Gasteiger partial charge in [-0.15, -0.1) is 0 Å². The second-order valence-corrected chi connectivity index (χ2v) is 7.07. The Morgan fingerprint density at radius 3 is 2.41 bits per heavy atom. The van der Waals surface area contributed by atoms with E-state index in [2.05, 4.69) is 10.5 Å². The van der Waals surface area contributed by atoms with Crippen molar-refractivity contribution in [1.82, 2.24) is 9.99 Å². The van der Waals surface area contributed by atoms with Gasteiger partial charge in [-0.3, -0.25) is 14.9 Å². The molecule has 0 radical (unpaired) electrons. The quantitative estimate of drug-likeness (QED) is 0.146. The van der Waals surface area contributed by atoms with Gasteiger partial charge >= 0.3 is 5.97 Å². The van der Waals surface area contributed by atoms with Gasteiger partial charge in [-0.25, -0.2) is 10.2 Å². The number of nitro benzene ring substituents is 1. The molecule has 1 amide bonds. The zero-order chi connectivity index (χ0) is 23.9. The Hall–Kier alpha value is -5.05. The van der Waals surface area contributed by atoms with Crippen LogP contribution in [0.15, 0.2) is 102 Å². The van der Waals surface area contributed by atoms with Crippen LogP contribution in [-0.4, -0.2) is 27.6 Å². The van der Waals surface area contributed by atoms with Crippen molar-refractivity contribution in [2.75, 3.05) is 0 Å². The van der Waals surface area contributed by atoms with E-state index >= 15 is 0 Å². The van der Waals surface area contributed by atoms with E-state index in [-0.39, 0.29) is 22.9 Å². The molecule has 0 aliphatic rings. The topological polar surface area (TPSA) is 116 Å². The van der Waals surface area contributed by atoms with Gasteiger partial charge in [0.1, 0.15) is 5.75 Å². The van der Waals surface area contributed by atoms with Crippen LogP contribution in [0.25, 0.3) is 5.69 Å². The molecule has 4 aromatic rings. The third kappa shape index (κ3) is 5.22. The van der Waals surface area contributed by atoms with E-state index in [1.54, 1.807) is 36.4 Å².